The van der Waals surface area contributed by atoms with E-state index in [1.54, 1.807) is 24.3 Å². The van der Waals surface area contributed by atoms with Crippen LogP contribution in [0.3, 0.4) is 0 Å². The van der Waals surface area contributed by atoms with Crippen LogP contribution in [0.1, 0.15) is 12.0 Å². The first kappa shape index (κ1) is 13.7. The van der Waals surface area contributed by atoms with E-state index in [2.05, 4.69) is 5.32 Å². The number of ether oxygens (including phenoxy) is 2. The van der Waals surface area contributed by atoms with Gasteiger partial charge < -0.3 is 19.9 Å². The summed E-state index contributed by atoms with van der Waals surface area (Å²) < 4.78 is 9.65. The molecule has 6 nitrogen and oxygen atoms in total. The Hall–Kier alpha value is -1.76. The van der Waals surface area contributed by atoms with Crippen molar-refractivity contribution in [1.29, 1.82) is 0 Å². The van der Waals surface area contributed by atoms with Crippen molar-refractivity contribution >= 4 is 17.4 Å². The maximum atomic E-state index is 11.9. The second-order valence-electron chi connectivity index (χ2n) is 4.31. The number of para-hydroxylation sites is 1. The summed E-state index contributed by atoms with van der Waals surface area (Å²) in [5.74, 6) is -1.12. The Morgan fingerprint density at radius 2 is 2.00 bits per heavy atom. The highest BCUT2D eigenvalue weighted by atomic mass is 16.7. The molecule has 0 radical (unpaired) electrons. The molecule has 19 heavy (non-hydrogen) atoms. The van der Waals surface area contributed by atoms with Crippen LogP contribution in [0.25, 0.3) is 0 Å². The van der Waals surface area contributed by atoms with Crippen molar-refractivity contribution in [2.24, 2.45) is 0 Å². The van der Waals surface area contributed by atoms with Crippen LogP contribution in [0.4, 0.5) is 5.69 Å². The first-order valence-electron chi connectivity index (χ1n) is 5.74. The van der Waals surface area contributed by atoms with Gasteiger partial charge in [-0.15, -0.1) is 0 Å². The topological polar surface area (TPSA) is 84.9 Å². The predicted octanol–water partition coefficient (Wildman–Crippen LogP) is 0.404. The molecule has 1 aliphatic rings. The average Bonchev–Trinajstić information content (AvgIpc) is 2.63. The summed E-state index contributed by atoms with van der Waals surface area (Å²) in [6, 6.07) is 6.70. The molecule has 102 valence electrons. The van der Waals surface area contributed by atoms with Crippen molar-refractivity contribution in [1.82, 2.24) is 0 Å². The number of rotatable bonds is 5. The number of methoxy groups -OCH3 is 2. The van der Waals surface area contributed by atoms with E-state index in [1.807, 2.05) is 0 Å². The van der Waals surface area contributed by atoms with Crippen LogP contribution in [0, 0.1) is 0 Å². The molecule has 1 aromatic rings. The Kier molecular flexibility index (Phi) is 3.66. The number of hydrogen-bond donors (Lipinski definition) is 2. The van der Waals surface area contributed by atoms with Gasteiger partial charge in [0.1, 0.15) is 0 Å². The summed E-state index contributed by atoms with van der Waals surface area (Å²) in [5.41, 5.74) is -0.975. The molecule has 0 saturated carbocycles. The SMILES string of the molecule is COC(OC)C(=O)C[C@]1(O)C(=O)Nc2ccccc21. The number of Topliss-reactive ketones (excluding diaryl/α,β-unsaturated/α-hetero) is 1. The first-order chi connectivity index (χ1) is 9.02. The minimum Gasteiger partial charge on any atom is -0.375 e. The zero-order chi connectivity index (χ0) is 14.0. The second-order valence-corrected chi connectivity index (χ2v) is 4.31. The molecule has 0 aliphatic carbocycles. The first-order valence-corrected chi connectivity index (χ1v) is 5.74. The smallest absolute Gasteiger partial charge is 0.261 e. The molecule has 0 aromatic heterocycles. The van der Waals surface area contributed by atoms with Gasteiger partial charge in [-0.25, -0.2) is 0 Å². The van der Waals surface area contributed by atoms with E-state index in [0.29, 0.717) is 11.3 Å². The third-order valence-electron chi connectivity index (χ3n) is 3.12. The number of anilines is 1. The molecule has 0 fully saturated rings. The summed E-state index contributed by atoms with van der Waals surface area (Å²) in [5, 5.41) is 13.0. The van der Waals surface area contributed by atoms with Crippen molar-refractivity contribution in [2.75, 3.05) is 19.5 Å². The summed E-state index contributed by atoms with van der Waals surface area (Å²) in [7, 11) is 2.64. The Balaban J connectivity index is 2.28. The quantitative estimate of drug-likeness (QED) is 0.753. The van der Waals surface area contributed by atoms with Gasteiger partial charge in [-0.3, -0.25) is 9.59 Å². The summed E-state index contributed by atoms with van der Waals surface area (Å²) in [4.78, 5) is 23.8. The third kappa shape index (κ3) is 2.25. The fourth-order valence-electron chi connectivity index (χ4n) is 2.17. The number of carbonyl (C=O) groups excluding carboxylic acids is 2. The average molecular weight is 265 g/mol. The molecule has 0 spiro atoms. The molecule has 1 aliphatic heterocycles. The van der Waals surface area contributed by atoms with Gasteiger partial charge in [-0.05, 0) is 6.07 Å². The van der Waals surface area contributed by atoms with Crippen LogP contribution in [0.2, 0.25) is 0 Å². The van der Waals surface area contributed by atoms with E-state index in [-0.39, 0.29) is 0 Å². The predicted molar refractivity (Wildman–Crippen MR) is 66.4 cm³/mol. The number of benzene rings is 1. The van der Waals surface area contributed by atoms with Crippen molar-refractivity contribution < 1.29 is 24.2 Å². The molecule has 2 N–H and O–H groups in total. The lowest BCUT2D eigenvalue weighted by Gasteiger charge is -2.22. The standard InChI is InChI=1S/C13H15NO5/c1-18-11(19-2)10(15)7-13(17)8-5-3-4-6-9(8)14-12(13)16/h3-6,11,17H,7H2,1-2H3,(H,14,16)/t13-/m1/s1. The summed E-state index contributed by atoms with van der Waals surface area (Å²) >= 11 is 0. The Bertz CT molecular complexity index is 512. The van der Waals surface area contributed by atoms with E-state index in [4.69, 9.17) is 9.47 Å². The molecule has 0 saturated heterocycles. The normalized spacial score (nSPS) is 21.4. The number of ketones is 1. The van der Waals surface area contributed by atoms with Crippen LogP contribution in [-0.2, 0) is 24.7 Å². The van der Waals surface area contributed by atoms with Crippen LogP contribution in [0.5, 0.6) is 0 Å². The van der Waals surface area contributed by atoms with Crippen LogP contribution < -0.4 is 5.32 Å². The number of amides is 1. The number of aliphatic hydroxyl groups is 1. The number of hydrogen-bond acceptors (Lipinski definition) is 5. The lowest BCUT2D eigenvalue weighted by atomic mass is 9.90. The Labute approximate surface area is 110 Å². The van der Waals surface area contributed by atoms with Crippen LogP contribution >= 0.6 is 0 Å². The van der Waals surface area contributed by atoms with Gasteiger partial charge in [0.15, 0.2) is 11.4 Å². The maximum Gasteiger partial charge on any atom is 0.261 e. The molecule has 1 atom stereocenters. The summed E-state index contributed by atoms with van der Waals surface area (Å²) in [6.07, 6.45) is -1.49. The second kappa shape index (κ2) is 5.08. The largest absolute Gasteiger partial charge is 0.375 e. The molecule has 2 rings (SSSR count). The summed E-state index contributed by atoms with van der Waals surface area (Å²) in [6.45, 7) is 0. The molecule has 0 bridgehead atoms. The van der Waals surface area contributed by atoms with E-state index < -0.39 is 30.0 Å². The van der Waals surface area contributed by atoms with Gasteiger partial charge in [0.05, 0.1) is 6.42 Å². The zero-order valence-corrected chi connectivity index (χ0v) is 10.7. The molecule has 0 unspecified atom stereocenters. The number of carbonyl (C=O) groups is 2. The van der Waals surface area contributed by atoms with Crippen LogP contribution in [-0.4, -0.2) is 37.3 Å². The van der Waals surface area contributed by atoms with Crippen molar-refractivity contribution in [3.8, 4) is 0 Å². The Morgan fingerprint density at radius 1 is 1.37 bits per heavy atom. The highest BCUT2D eigenvalue weighted by Crippen LogP contribution is 2.38. The van der Waals surface area contributed by atoms with Gasteiger partial charge in [-0.2, -0.15) is 0 Å². The number of nitrogens with one attached hydrogen (secondary N) is 1. The van der Waals surface area contributed by atoms with Gasteiger partial charge in [0, 0.05) is 25.5 Å². The lowest BCUT2D eigenvalue weighted by Crippen LogP contribution is -2.40. The van der Waals surface area contributed by atoms with Crippen molar-refractivity contribution in [2.45, 2.75) is 18.3 Å². The molecule has 1 amide bonds. The molecular formula is C13H15NO5. The Morgan fingerprint density at radius 3 is 2.63 bits per heavy atom. The van der Waals surface area contributed by atoms with E-state index >= 15 is 0 Å². The fraction of sp³-hybridized carbons (Fsp3) is 0.385. The molecular weight excluding hydrogens is 250 g/mol. The maximum absolute atomic E-state index is 11.9. The van der Waals surface area contributed by atoms with Gasteiger partial charge in [-0.1, -0.05) is 18.2 Å². The van der Waals surface area contributed by atoms with E-state index in [9.17, 15) is 14.7 Å². The van der Waals surface area contributed by atoms with Crippen molar-refractivity contribution in [3.63, 3.8) is 0 Å². The molecule has 1 aromatic carbocycles. The lowest BCUT2D eigenvalue weighted by molar-refractivity contribution is -0.163. The van der Waals surface area contributed by atoms with Gasteiger partial charge in [0.25, 0.3) is 5.91 Å². The number of fused-ring (bicyclic) bond motifs is 1. The van der Waals surface area contributed by atoms with Crippen molar-refractivity contribution in [3.05, 3.63) is 29.8 Å². The van der Waals surface area contributed by atoms with Crippen LogP contribution in [0.15, 0.2) is 24.3 Å². The highest BCUT2D eigenvalue weighted by Gasteiger charge is 2.47. The minimum atomic E-state index is -1.87. The van der Waals surface area contributed by atoms with Gasteiger partial charge >= 0.3 is 0 Å². The fourth-order valence-corrected chi connectivity index (χ4v) is 2.17. The monoisotopic (exact) mass is 265 g/mol. The van der Waals surface area contributed by atoms with Gasteiger partial charge in [0.2, 0.25) is 6.29 Å². The molecule has 1 heterocycles. The van der Waals surface area contributed by atoms with E-state index in [1.165, 1.54) is 14.2 Å². The highest BCUT2D eigenvalue weighted by molar-refractivity contribution is 6.07. The zero-order valence-electron chi connectivity index (χ0n) is 10.7. The third-order valence-corrected chi connectivity index (χ3v) is 3.12. The molecule has 6 heteroatoms. The van der Waals surface area contributed by atoms with E-state index in [0.717, 1.165) is 0 Å². The minimum absolute atomic E-state index is 0.388.